The molecule has 0 aromatic carbocycles. The molecule has 0 aliphatic rings. The van der Waals surface area contributed by atoms with Crippen molar-refractivity contribution in [1.82, 2.24) is 0 Å². The van der Waals surface area contributed by atoms with E-state index in [1.54, 1.807) is 0 Å². The topological polar surface area (TPSA) is 54.4 Å². The van der Waals surface area contributed by atoms with Crippen LogP contribution in [0.4, 0.5) is 13.2 Å². The van der Waals surface area contributed by atoms with E-state index in [-0.39, 0.29) is 19.5 Å². The van der Waals surface area contributed by atoms with Crippen molar-refractivity contribution in [3.8, 4) is 0 Å². The molecule has 8 heteroatoms. The summed E-state index contributed by atoms with van der Waals surface area (Å²) in [6.07, 6.45) is 0. The molecule has 52 valence electrons. The van der Waals surface area contributed by atoms with E-state index in [0.717, 1.165) is 0 Å². The van der Waals surface area contributed by atoms with Gasteiger partial charge in [0.2, 0.25) is 0 Å². The number of hydrogen-bond donors (Lipinski definition) is 1. The molecule has 0 rings (SSSR count). The van der Waals surface area contributed by atoms with Crippen molar-refractivity contribution in [2.45, 2.75) is 5.51 Å². The third-order valence-corrected chi connectivity index (χ3v) is 0.877. The van der Waals surface area contributed by atoms with Crippen molar-refractivity contribution in [2.24, 2.45) is 0 Å². The Kier molecular flexibility index (Phi) is 3.93. The van der Waals surface area contributed by atoms with Crippen LogP contribution in [0, 0.1) is 0 Å². The molecule has 0 aromatic heterocycles. The van der Waals surface area contributed by atoms with Gasteiger partial charge in [-0.15, -0.1) is 0 Å². The van der Waals surface area contributed by atoms with E-state index in [2.05, 4.69) is 0 Å². The van der Waals surface area contributed by atoms with Gasteiger partial charge in [-0.2, -0.15) is 21.6 Å². The van der Waals surface area contributed by atoms with E-state index in [0.29, 0.717) is 0 Å². The molecule has 0 saturated carbocycles. The summed E-state index contributed by atoms with van der Waals surface area (Å²) < 4.78 is 57.5. The summed E-state index contributed by atoms with van der Waals surface area (Å²) in [4.78, 5) is 0. The molecular weight excluding hydrogens is 214 g/mol. The van der Waals surface area contributed by atoms with E-state index >= 15 is 0 Å². The molecule has 0 saturated heterocycles. The first-order chi connectivity index (χ1) is 3.25. The molecule has 0 heterocycles. The van der Waals surface area contributed by atoms with E-state index in [4.69, 9.17) is 13.0 Å². The molecule has 0 aromatic rings. The molecule has 0 aliphatic carbocycles. The van der Waals surface area contributed by atoms with Gasteiger partial charge in [0.05, 0.1) is 0 Å². The van der Waals surface area contributed by atoms with E-state index in [9.17, 15) is 13.2 Å². The first kappa shape index (κ1) is 12.0. The minimum absolute atomic E-state index is 0. The summed E-state index contributed by atoms with van der Waals surface area (Å²) in [5.41, 5.74) is -5.53. The van der Waals surface area contributed by atoms with Crippen molar-refractivity contribution in [3.05, 3.63) is 0 Å². The normalized spacial score (nSPS) is 12.4. The molecule has 0 fully saturated rings. The minimum atomic E-state index is -5.84. The molecule has 3 nitrogen and oxygen atoms in total. The standard InChI is InChI=1S/CHF3O3S.Zn/c2-1(3,4)8(5,6)7;/h(H,5,6,7);. The van der Waals surface area contributed by atoms with Crippen LogP contribution in [0.5, 0.6) is 0 Å². The number of hydrogen-bond acceptors (Lipinski definition) is 2. The molecule has 0 radical (unpaired) electrons. The van der Waals surface area contributed by atoms with Crippen molar-refractivity contribution < 1.29 is 45.6 Å². The smallest absolute Gasteiger partial charge is 0.279 e. The third-order valence-electron chi connectivity index (χ3n) is 0.292. The Morgan fingerprint density at radius 1 is 1.22 bits per heavy atom. The Morgan fingerprint density at radius 2 is 1.33 bits per heavy atom. The van der Waals surface area contributed by atoms with Gasteiger partial charge in [0.15, 0.2) is 0 Å². The fourth-order valence-electron chi connectivity index (χ4n) is 0. The zero-order chi connectivity index (χ0) is 7.00. The fraction of sp³-hybridized carbons (Fsp3) is 1.00. The number of rotatable bonds is 0. The van der Waals surface area contributed by atoms with Crippen LogP contribution in [-0.2, 0) is 29.6 Å². The summed E-state index contributed by atoms with van der Waals surface area (Å²) in [6, 6.07) is 0. The van der Waals surface area contributed by atoms with Gasteiger partial charge in [-0.25, -0.2) is 0 Å². The van der Waals surface area contributed by atoms with Crippen molar-refractivity contribution in [2.75, 3.05) is 0 Å². The van der Waals surface area contributed by atoms with Crippen molar-refractivity contribution in [1.29, 1.82) is 0 Å². The summed E-state index contributed by atoms with van der Waals surface area (Å²) in [5.74, 6) is 0. The predicted octanol–water partition coefficient (Wildman–Crippen LogP) is 0.392. The summed E-state index contributed by atoms with van der Waals surface area (Å²) >= 11 is 0. The maximum absolute atomic E-state index is 10.7. The van der Waals surface area contributed by atoms with Crippen LogP contribution < -0.4 is 0 Å². The third kappa shape index (κ3) is 3.83. The Bertz CT molecular complexity index is 168. The Morgan fingerprint density at radius 3 is 1.33 bits per heavy atom. The average molecular weight is 215 g/mol. The van der Waals surface area contributed by atoms with Crippen LogP contribution in [-0.4, -0.2) is 18.5 Å². The van der Waals surface area contributed by atoms with Gasteiger partial charge in [-0.05, 0) is 0 Å². The van der Waals surface area contributed by atoms with Gasteiger partial charge < -0.3 is 0 Å². The second kappa shape index (κ2) is 2.94. The molecule has 0 amide bonds. The van der Waals surface area contributed by atoms with Gasteiger partial charge in [0.25, 0.3) is 0 Å². The SMILES string of the molecule is O=S(=O)(O)C(F)(F)F.[Zn]. The van der Waals surface area contributed by atoms with Crippen molar-refractivity contribution in [3.63, 3.8) is 0 Å². The largest absolute Gasteiger partial charge is 0.522 e. The van der Waals surface area contributed by atoms with Crippen LogP contribution in [0.1, 0.15) is 0 Å². The predicted molar refractivity (Wildman–Crippen MR) is 17.6 cm³/mol. The van der Waals surface area contributed by atoms with E-state index in [1.165, 1.54) is 0 Å². The average Bonchev–Trinajstić information content (AvgIpc) is 1.25. The van der Waals surface area contributed by atoms with Crippen LogP contribution >= 0.6 is 0 Å². The second-order valence-electron chi connectivity index (χ2n) is 0.921. The molecule has 0 unspecified atom stereocenters. The molecule has 0 atom stereocenters. The van der Waals surface area contributed by atoms with Gasteiger partial charge in [-0.1, -0.05) is 0 Å². The molecule has 0 spiro atoms. The Balaban J connectivity index is 0. The first-order valence-electron chi connectivity index (χ1n) is 1.29. The quantitative estimate of drug-likeness (QED) is 0.361. The van der Waals surface area contributed by atoms with Gasteiger partial charge in [0.1, 0.15) is 0 Å². The summed E-state index contributed by atoms with van der Waals surface area (Å²) in [6.45, 7) is 0. The molecule has 9 heavy (non-hydrogen) atoms. The number of alkyl halides is 3. The monoisotopic (exact) mass is 214 g/mol. The molecular formula is CHF3O3SZn. The zero-order valence-corrected chi connectivity index (χ0v) is 7.80. The second-order valence-corrected chi connectivity index (χ2v) is 2.33. The van der Waals surface area contributed by atoms with E-state index in [1.807, 2.05) is 0 Å². The number of halogens is 3. The summed E-state index contributed by atoms with van der Waals surface area (Å²) in [5, 5.41) is 0. The van der Waals surface area contributed by atoms with Crippen LogP contribution in [0.3, 0.4) is 0 Å². The van der Waals surface area contributed by atoms with Crippen LogP contribution in [0.25, 0.3) is 0 Å². The van der Waals surface area contributed by atoms with Crippen LogP contribution in [0.15, 0.2) is 0 Å². The van der Waals surface area contributed by atoms with Gasteiger partial charge >= 0.3 is 15.6 Å². The Hall–Kier alpha value is 0.323. The fourth-order valence-corrected chi connectivity index (χ4v) is 0. The minimum Gasteiger partial charge on any atom is -0.279 e. The maximum atomic E-state index is 10.7. The first-order valence-corrected chi connectivity index (χ1v) is 2.73. The van der Waals surface area contributed by atoms with Crippen LogP contribution in [0.2, 0.25) is 0 Å². The Labute approximate surface area is 61.7 Å². The van der Waals surface area contributed by atoms with Crippen molar-refractivity contribution >= 4 is 10.1 Å². The van der Waals surface area contributed by atoms with Gasteiger partial charge in [0, 0.05) is 19.5 Å². The zero-order valence-electron chi connectivity index (χ0n) is 4.01. The summed E-state index contributed by atoms with van der Waals surface area (Å²) in [7, 11) is -5.84. The molecule has 1 N–H and O–H groups in total. The van der Waals surface area contributed by atoms with Gasteiger partial charge in [-0.3, -0.25) is 4.55 Å². The van der Waals surface area contributed by atoms with E-state index < -0.39 is 15.6 Å². The molecule has 0 aliphatic heterocycles. The maximum Gasteiger partial charge on any atom is 0.522 e. The molecule has 0 bridgehead atoms.